The van der Waals surface area contributed by atoms with Gasteiger partial charge in [-0.15, -0.1) is 0 Å². The molecule has 5 heteroatoms. The summed E-state index contributed by atoms with van der Waals surface area (Å²) >= 11 is 4.85. The minimum atomic E-state index is -0.662. The van der Waals surface area contributed by atoms with Gasteiger partial charge in [-0.05, 0) is 31.3 Å². The van der Waals surface area contributed by atoms with E-state index in [0.717, 1.165) is 6.07 Å². The molecule has 0 aliphatic rings. The largest absolute Gasteiger partial charge is 0.363 e. The van der Waals surface area contributed by atoms with Crippen molar-refractivity contribution in [1.29, 1.82) is 0 Å². The van der Waals surface area contributed by atoms with Crippen LogP contribution in [0.4, 0.5) is 14.5 Å². The molecule has 0 unspecified atom stereocenters. The summed E-state index contributed by atoms with van der Waals surface area (Å²) in [7, 11) is 0. The summed E-state index contributed by atoms with van der Waals surface area (Å²) in [5.74, 6) is -1.27. The van der Waals surface area contributed by atoms with Gasteiger partial charge in [-0.3, -0.25) is 0 Å². The second-order valence-electron chi connectivity index (χ2n) is 2.61. The van der Waals surface area contributed by atoms with Gasteiger partial charge in [0.15, 0.2) is 5.11 Å². The summed E-state index contributed by atoms with van der Waals surface area (Å²) in [4.78, 5) is 0. The van der Waals surface area contributed by atoms with Crippen LogP contribution in [0, 0.1) is 11.6 Å². The summed E-state index contributed by atoms with van der Waals surface area (Å²) in [6, 6.07) is 3.27. The van der Waals surface area contributed by atoms with Crippen LogP contribution in [0.5, 0.6) is 0 Å². The van der Waals surface area contributed by atoms with Crippen molar-refractivity contribution < 1.29 is 8.78 Å². The van der Waals surface area contributed by atoms with Gasteiger partial charge < -0.3 is 10.6 Å². The lowest BCUT2D eigenvalue weighted by molar-refractivity contribution is 0.586. The van der Waals surface area contributed by atoms with Crippen LogP contribution in [0.15, 0.2) is 18.2 Å². The molecule has 0 aromatic heterocycles. The molecule has 0 spiro atoms. The molecule has 0 aliphatic carbocycles. The topological polar surface area (TPSA) is 24.1 Å². The molecule has 2 nitrogen and oxygen atoms in total. The van der Waals surface area contributed by atoms with Crippen molar-refractivity contribution >= 4 is 23.0 Å². The lowest BCUT2D eigenvalue weighted by atomic mass is 10.3. The van der Waals surface area contributed by atoms with Gasteiger partial charge in [0, 0.05) is 12.6 Å². The second kappa shape index (κ2) is 4.85. The number of halogens is 2. The van der Waals surface area contributed by atoms with Crippen LogP contribution in [0.1, 0.15) is 6.92 Å². The molecular weight excluding hydrogens is 206 g/mol. The third-order valence-corrected chi connectivity index (χ3v) is 1.76. The molecule has 0 atom stereocenters. The van der Waals surface area contributed by atoms with E-state index in [2.05, 4.69) is 10.6 Å². The molecule has 0 saturated heterocycles. The van der Waals surface area contributed by atoms with Gasteiger partial charge in [0.25, 0.3) is 0 Å². The highest BCUT2D eigenvalue weighted by molar-refractivity contribution is 7.80. The molecule has 1 aromatic rings. The number of anilines is 1. The van der Waals surface area contributed by atoms with E-state index in [4.69, 9.17) is 12.2 Å². The van der Waals surface area contributed by atoms with Crippen molar-refractivity contribution in [2.75, 3.05) is 11.9 Å². The average Bonchev–Trinajstić information content (AvgIpc) is 2.10. The minimum Gasteiger partial charge on any atom is -0.363 e. The smallest absolute Gasteiger partial charge is 0.170 e. The molecular formula is C9H10F2N2S. The normalized spacial score (nSPS) is 9.64. The minimum absolute atomic E-state index is 0.164. The van der Waals surface area contributed by atoms with Gasteiger partial charge in [-0.25, -0.2) is 8.78 Å². The summed E-state index contributed by atoms with van der Waals surface area (Å²) < 4.78 is 25.6. The van der Waals surface area contributed by atoms with Crippen molar-refractivity contribution in [2.24, 2.45) is 0 Å². The Hall–Kier alpha value is -1.23. The molecule has 1 rings (SSSR count). The van der Waals surface area contributed by atoms with E-state index in [0.29, 0.717) is 11.7 Å². The first-order chi connectivity index (χ1) is 6.63. The number of rotatable bonds is 2. The predicted octanol–water partition coefficient (Wildman–Crippen LogP) is 2.27. The maximum absolute atomic E-state index is 13.1. The van der Waals surface area contributed by atoms with Crippen molar-refractivity contribution in [3.8, 4) is 0 Å². The van der Waals surface area contributed by atoms with Crippen molar-refractivity contribution in [3.63, 3.8) is 0 Å². The van der Waals surface area contributed by atoms with Crippen LogP contribution >= 0.6 is 12.2 Å². The Bertz CT molecular complexity index is 342. The zero-order chi connectivity index (χ0) is 10.6. The van der Waals surface area contributed by atoms with Crippen LogP contribution < -0.4 is 10.6 Å². The third kappa shape index (κ3) is 2.92. The first kappa shape index (κ1) is 10.8. The molecule has 0 saturated carbocycles. The number of benzene rings is 1. The fraction of sp³-hybridized carbons (Fsp3) is 0.222. The number of thiocarbonyl (C=S) groups is 1. The lowest BCUT2D eigenvalue weighted by Gasteiger charge is -2.09. The average molecular weight is 216 g/mol. The van der Waals surface area contributed by atoms with E-state index in [1.54, 1.807) is 0 Å². The van der Waals surface area contributed by atoms with Crippen LogP contribution in [0.25, 0.3) is 0 Å². The maximum atomic E-state index is 13.1. The van der Waals surface area contributed by atoms with Crippen molar-refractivity contribution in [2.45, 2.75) is 6.92 Å². The maximum Gasteiger partial charge on any atom is 0.170 e. The summed E-state index contributed by atoms with van der Waals surface area (Å²) in [6.45, 7) is 2.52. The Labute approximate surface area is 86.3 Å². The molecule has 0 heterocycles. The van der Waals surface area contributed by atoms with Gasteiger partial charge in [-0.1, -0.05) is 0 Å². The van der Waals surface area contributed by atoms with E-state index in [-0.39, 0.29) is 5.69 Å². The highest BCUT2D eigenvalue weighted by Gasteiger charge is 2.04. The van der Waals surface area contributed by atoms with Crippen LogP contribution in [-0.4, -0.2) is 11.7 Å². The van der Waals surface area contributed by atoms with E-state index >= 15 is 0 Å². The second-order valence-corrected chi connectivity index (χ2v) is 3.02. The Morgan fingerprint density at radius 2 is 2.14 bits per heavy atom. The summed E-state index contributed by atoms with van der Waals surface area (Å²) in [5.41, 5.74) is 0.164. The Kier molecular flexibility index (Phi) is 3.76. The monoisotopic (exact) mass is 216 g/mol. The fourth-order valence-corrected chi connectivity index (χ4v) is 1.17. The number of nitrogens with one attached hydrogen (secondary N) is 2. The molecule has 76 valence electrons. The molecule has 1 aromatic carbocycles. The number of hydrogen-bond acceptors (Lipinski definition) is 1. The molecule has 0 radical (unpaired) electrons. The van der Waals surface area contributed by atoms with E-state index in [1.807, 2.05) is 6.92 Å². The van der Waals surface area contributed by atoms with Crippen molar-refractivity contribution in [1.82, 2.24) is 5.32 Å². The van der Waals surface area contributed by atoms with Gasteiger partial charge in [0.05, 0.1) is 5.69 Å². The van der Waals surface area contributed by atoms with E-state index < -0.39 is 11.6 Å². The van der Waals surface area contributed by atoms with Gasteiger partial charge in [-0.2, -0.15) is 0 Å². The molecule has 0 aliphatic heterocycles. The van der Waals surface area contributed by atoms with Crippen LogP contribution in [-0.2, 0) is 0 Å². The number of hydrogen-bond donors (Lipinski definition) is 2. The fourth-order valence-electron chi connectivity index (χ4n) is 0.918. The quantitative estimate of drug-likeness (QED) is 0.742. The molecule has 14 heavy (non-hydrogen) atoms. The Balaban J connectivity index is 2.72. The highest BCUT2D eigenvalue weighted by atomic mass is 32.1. The Morgan fingerprint density at radius 3 is 2.71 bits per heavy atom. The summed E-state index contributed by atoms with van der Waals surface area (Å²) in [6.07, 6.45) is 0. The van der Waals surface area contributed by atoms with E-state index in [9.17, 15) is 8.78 Å². The molecule has 0 bridgehead atoms. The SMILES string of the molecule is CCNC(=S)Nc1ccc(F)cc1F. The molecule has 0 fully saturated rings. The van der Waals surface area contributed by atoms with Crippen LogP contribution in [0.3, 0.4) is 0 Å². The zero-order valence-electron chi connectivity index (χ0n) is 7.60. The zero-order valence-corrected chi connectivity index (χ0v) is 8.42. The first-order valence-corrected chi connectivity index (χ1v) is 4.54. The third-order valence-electron chi connectivity index (χ3n) is 1.52. The van der Waals surface area contributed by atoms with E-state index in [1.165, 1.54) is 12.1 Å². The first-order valence-electron chi connectivity index (χ1n) is 4.13. The lowest BCUT2D eigenvalue weighted by Crippen LogP contribution is -2.28. The van der Waals surface area contributed by atoms with Crippen LogP contribution in [0.2, 0.25) is 0 Å². The Morgan fingerprint density at radius 1 is 1.43 bits per heavy atom. The molecule has 2 N–H and O–H groups in total. The van der Waals surface area contributed by atoms with Gasteiger partial charge in [0.2, 0.25) is 0 Å². The van der Waals surface area contributed by atoms with Gasteiger partial charge >= 0.3 is 0 Å². The van der Waals surface area contributed by atoms with Crippen molar-refractivity contribution in [3.05, 3.63) is 29.8 Å². The standard InChI is InChI=1S/C9H10F2N2S/c1-2-12-9(14)13-8-4-3-6(10)5-7(8)11/h3-5H,2H2,1H3,(H2,12,13,14). The molecule has 0 amide bonds. The summed E-state index contributed by atoms with van der Waals surface area (Å²) in [5, 5.41) is 5.73. The highest BCUT2D eigenvalue weighted by Crippen LogP contribution is 2.14. The van der Waals surface area contributed by atoms with Gasteiger partial charge in [0.1, 0.15) is 11.6 Å². The predicted molar refractivity (Wildman–Crippen MR) is 56.3 cm³/mol.